The summed E-state index contributed by atoms with van der Waals surface area (Å²) in [6.45, 7) is 5.35. The molecule has 20 heavy (non-hydrogen) atoms. The number of piperazine rings is 1. The first kappa shape index (κ1) is 16.4. The van der Waals surface area contributed by atoms with E-state index in [2.05, 4.69) is 10.6 Å². The van der Waals surface area contributed by atoms with Gasteiger partial charge in [0.1, 0.15) is 6.04 Å². The molecule has 0 aromatic heterocycles. The maximum atomic E-state index is 11.9. The molecule has 1 unspecified atom stereocenters. The molecule has 0 spiro atoms. The molecule has 0 aromatic rings. The highest BCUT2D eigenvalue weighted by Gasteiger charge is 2.33. The van der Waals surface area contributed by atoms with Crippen LogP contribution in [0.1, 0.15) is 20.3 Å². The van der Waals surface area contributed by atoms with Crippen molar-refractivity contribution in [3.05, 3.63) is 0 Å². The summed E-state index contributed by atoms with van der Waals surface area (Å²) in [6, 6.07) is -0.638. The van der Waals surface area contributed by atoms with Gasteiger partial charge >= 0.3 is 5.97 Å². The van der Waals surface area contributed by atoms with Crippen LogP contribution in [-0.4, -0.2) is 62.0 Å². The molecule has 2 amide bonds. The molecule has 7 nitrogen and oxygen atoms in total. The summed E-state index contributed by atoms with van der Waals surface area (Å²) in [5, 5.41) is 5.22. The lowest BCUT2D eigenvalue weighted by Gasteiger charge is -2.33. The number of rotatable bonds is 6. The van der Waals surface area contributed by atoms with Gasteiger partial charge in [-0.2, -0.15) is 0 Å². The second kappa shape index (κ2) is 7.84. The van der Waals surface area contributed by atoms with Crippen LogP contribution in [-0.2, 0) is 19.1 Å². The number of nitrogens with one attached hydrogen (secondary N) is 2. The molecule has 1 rings (SSSR count). The summed E-state index contributed by atoms with van der Waals surface area (Å²) in [4.78, 5) is 36.7. The molecule has 0 aromatic carbocycles. The van der Waals surface area contributed by atoms with E-state index in [-0.39, 0.29) is 30.7 Å². The number of hydrogen-bond acceptors (Lipinski definition) is 5. The number of carbonyl (C=O) groups excluding carboxylic acids is 3. The fraction of sp³-hybridized carbons (Fsp3) is 0.769. The molecule has 1 aliphatic rings. The third-order valence-electron chi connectivity index (χ3n) is 3.00. The van der Waals surface area contributed by atoms with Gasteiger partial charge in [-0.25, -0.2) is 0 Å². The molecule has 114 valence electrons. The van der Waals surface area contributed by atoms with Crippen molar-refractivity contribution < 1.29 is 19.1 Å². The molecular formula is C13H23N3O4. The van der Waals surface area contributed by atoms with Crippen LogP contribution in [0.2, 0.25) is 0 Å². The predicted molar refractivity (Wildman–Crippen MR) is 72.9 cm³/mol. The first-order valence-electron chi connectivity index (χ1n) is 6.82. The topological polar surface area (TPSA) is 87.7 Å². The van der Waals surface area contributed by atoms with Crippen molar-refractivity contribution in [1.29, 1.82) is 0 Å². The summed E-state index contributed by atoms with van der Waals surface area (Å²) in [5.41, 5.74) is 0. The van der Waals surface area contributed by atoms with Crippen LogP contribution >= 0.6 is 0 Å². The maximum absolute atomic E-state index is 11.9. The predicted octanol–water partition coefficient (Wildman–Crippen LogP) is -0.878. The summed E-state index contributed by atoms with van der Waals surface area (Å²) in [7, 11) is 1.54. The Morgan fingerprint density at radius 3 is 2.80 bits per heavy atom. The number of ether oxygens (including phenoxy) is 1. The second-order valence-electron chi connectivity index (χ2n) is 5.23. The second-order valence-corrected chi connectivity index (χ2v) is 5.23. The van der Waals surface area contributed by atoms with Crippen molar-refractivity contribution in [3.63, 3.8) is 0 Å². The minimum Gasteiger partial charge on any atom is -0.465 e. The Morgan fingerprint density at radius 1 is 1.50 bits per heavy atom. The number of likely N-dealkylation sites (N-methyl/N-ethyl adjacent to an activating group) is 1. The molecule has 2 N–H and O–H groups in total. The van der Waals surface area contributed by atoms with Crippen LogP contribution in [0.3, 0.4) is 0 Å². The Hall–Kier alpha value is -1.63. The molecule has 7 heteroatoms. The quantitative estimate of drug-likeness (QED) is 0.619. The van der Waals surface area contributed by atoms with Crippen LogP contribution in [0.25, 0.3) is 0 Å². The van der Waals surface area contributed by atoms with Crippen molar-refractivity contribution in [3.8, 4) is 0 Å². The van der Waals surface area contributed by atoms with Crippen molar-refractivity contribution in [1.82, 2.24) is 15.5 Å². The minimum atomic E-state index is -0.638. The standard InChI is InChI=1S/C13H23N3O4/c1-9(2)8-20-12(18)6-10-13(19)15-4-5-16(10)7-11(17)14-3/h9-10H,4-8H2,1-3H3,(H,14,17)(H,15,19). The summed E-state index contributed by atoms with van der Waals surface area (Å²) < 4.78 is 5.09. The van der Waals surface area contributed by atoms with E-state index in [0.29, 0.717) is 19.7 Å². The molecule has 1 heterocycles. The molecule has 1 atom stereocenters. The normalized spacial score (nSPS) is 19.6. The Labute approximate surface area is 119 Å². The third kappa shape index (κ3) is 5.16. The highest BCUT2D eigenvalue weighted by molar-refractivity contribution is 5.88. The molecule has 0 bridgehead atoms. The Morgan fingerprint density at radius 2 is 2.20 bits per heavy atom. The lowest BCUT2D eigenvalue weighted by atomic mass is 10.1. The van der Waals surface area contributed by atoms with Crippen LogP contribution in [0, 0.1) is 5.92 Å². The van der Waals surface area contributed by atoms with Gasteiger partial charge in [0, 0.05) is 20.1 Å². The molecule has 0 radical (unpaired) electrons. The van der Waals surface area contributed by atoms with Crippen molar-refractivity contribution in [2.45, 2.75) is 26.3 Å². The fourth-order valence-electron chi connectivity index (χ4n) is 1.91. The van der Waals surface area contributed by atoms with Gasteiger partial charge in [0.05, 0.1) is 19.6 Å². The van der Waals surface area contributed by atoms with E-state index >= 15 is 0 Å². The third-order valence-corrected chi connectivity index (χ3v) is 3.00. The summed E-state index contributed by atoms with van der Waals surface area (Å²) >= 11 is 0. The highest BCUT2D eigenvalue weighted by atomic mass is 16.5. The number of hydrogen-bond donors (Lipinski definition) is 2. The van der Waals surface area contributed by atoms with Gasteiger partial charge in [0.15, 0.2) is 0 Å². The Kier molecular flexibility index (Phi) is 6.44. The minimum absolute atomic E-state index is 0.0322. The Bertz CT molecular complexity index is 371. The molecule has 1 aliphatic heterocycles. The average Bonchev–Trinajstić information content (AvgIpc) is 2.40. The monoisotopic (exact) mass is 285 g/mol. The van der Waals surface area contributed by atoms with Gasteiger partial charge in [0.25, 0.3) is 0 Å². The van der Waals surface area contributed by atoms with Crippen molar-refractivity contribution >= 4 is 17.8 Å². The van der Waals surface area contributed by atoms with Crippen LogP contribution in [0.15, 0.2) is 0 Å². The lowest BCUT2D eigenvalue weighted by Crippen LogP contribution is -2.57. The molecule has 1 fully saturated rings. The first-order chi connectivity index (χ1) is 9.43. The smallest absolute Gasteiger partial charge is 0.307 e. The van der Waals surface area contributed by atoms with E-state index in [1.54, 1.807) is 4.90 Å². The van der Waals surface area contributed by atoms with E-state index in [1.807, 2.05) is 13.8 Å². The highest BCUT2D eigenvalue weighted by Crippen LogP contribution is 2.10. The van der Waals surface area contributed by atoms with E-state index in [9.17, 15) is 14.4 Å². The van der Waals surface area contributed by atoms with E-state index in [1.165, 1.54) is 7.05 Å². The number of esters is 1. The van der Waals surface area contributed by atoms with Crippen LogP contribution < -0.4 is 10.6 Å². The van der Waals surface area contributed by atoms with Gasteiger partial charge in [-0.15, -0.1) is 0 Å². The Balaban J connectivity index is 2.58. The van der Waals surface area contributed by atoms with Gasteiger partial charge < -0.3 is 15.4 Å². The van der Waals surface area contributed by atoms with Gasteiger partial charge in [-0.1, -0.05) is 13.8 Å². The molecule has 0 saturated carbocycles. The summed E-state index contributed by atoms with van der Waals surface area (Å²) in [6.07, 6.45) is -0.0322. The van der Waals surface area contributed by atoms with Gasteiger partial charge in [0.2, 0.25) is 11.8 Å². The average molecular weight is 285 g/mol. The fourth-order valence-corrected chi connectivity index (χ4v) is 1.91. The van der Waals surface area contributed by atoms with E-state index in [4.69, 9.17) is 4.74 Å². The zero-order valence-electron chi connectivity index (χ0n) is 12.3. The first-order valence-corrected chi connectivity index (χ1v) is 6.82. The van der Waals surface area contributed by atoms with Crippen LogP contribution in [0.5, 0.6) is 0 Å². The zero-order valence-corrected chi connectivity index (χ0v) is 12.3. The largest absolute Gasteiger partial charge is 0.465 e. The number of carbonyl (C=O) groups is 3. The molecule has 1 saturated heterocycles. The lowest BCUT2D eigenvalue weighted by molar-refractivity contribution is -0.150. The van der Waals surface area contributed by atoms with Crippen LogP contribution in [0.4, 0.5) is 0 Å². The van der Waals surface area contributed by atoms with Crippen molar-refractivity contribution in [2.75, 3.05) is 33.3 Å². The van der Waals surface area contributed by atoms with E-state index in [0.717, 1.165) is 0 Å². The van der Waals surface area contributed by atoms with Gasteiger partial charge in [-0.05, 0) is 5.92 Å². The molecule has 0 aliphatic carbocycles. The zero-order chi connectivity index (χ0) is 15.1. The van der Waals surface area contributed by atoms with Crippen molar-refractivity contribution in [2.24, 2.45) is 5.92 Å². The number of amides is 2. The summed E-state index contributed by atoms with van der Waals surface area (Å²) in [5.74, 6) is -0.578. The SMILES string of the molecule is CNC(=O)CN1CCNC(=O)C1CC(=O)OCC(C)C. The molecular weight excluding hydrogens is 262 g/mol. The number of nitrogens with zero attached hydrogens (tertiary/aromatic N) is 1. The van der Waals surface area contributed by atoms with E-state index < -0.39 is 12.0 Å². The van der Waals surface area contributed by atoms with Gasteiger partial charge in [-0.3, -0.25) is 19.3 Å². The maximum Gasteiger partial charge on any atom is 0.307 e.